The Morgan fingerprint density at radius 3 is 2.39 bits per heavy atom. The van der Waals surface area contributed by atoms with Crippen LogP contribution in [0.5, 0.6) is 0 Å². The molecule has 1 aromatic carbocycles. The maximum Gasteiger partial charge on any atom is 0.339 e. The Bertz CT molecular complexity index is 1270. The molecule has 0 N–H and O–H groups in total. The van der Waals surface area contributed by atoms with Crippen molar-refractivity contribution < 1.29 is 27.7 Å². The Balaban J connectivity index is 1.75. The van der Waals surface area contributed by atoms with E-state index in [-0.39, 0.29) is 41.7 Å². The summed E-state index contributed by atoms with van der Waals surface area (Å²) < 4.78 is 32.2. The van der Waals surface area contributed by atoms with Gasteiger partial charge in [-0.05, 0) is 12.1 Å². The summed E-state index contributed by atoms with van der Waals surface area (Å²) in [5, 5.41) is 11.3. The molecule has 0 bridgehead atoms. The van der Waals surface area contributed by atoms with Gasteiger partial charge < -0.3 is 9.64 Å². The van der Waals surface area contributed by atoms with Gasteiger partial charge in [0.05, 0.1) is 22.6 Å². The fourth-order valence-corrected chi connectivity index (χ4v) is 5.23. The van der Waals surface area contributed by atoms with Crippen molar-refractivity contribution >= 4 is 39.2 Å². The molecule has 1 amide bonds. The highest BCUT2D eigenvalue weighted by Crippen LogP contribution is 2.25. The number of carbonyl (C=O) groups is 2. The number of nitro groups is 1. The summed E-state index contributed by atoms with van der Waals surface area (Å²) in [4.78, 5) is 48.4. The molecule has 1 aromatic heterocycles. The number of methoxy groups -OCH3 is 1. The number of esters is 1. The Hall–Kier alpha value is -3.29. The molecule has 2 aromatic rings. The van der Waals surface area contributed by atoms with Crippen LogP contribution < -0.4 is 5.56 Å². The zero-order valence-electron chi connectivity index (χ0n) is 17.3. The van der Waals surface area contributed by atoms with Crippen LogP contribution in [0.3, 0.4) is 0 Å². The topological polar surface area (TPSA) is 149 Å². The maximum atomic E-state index is 12.8. The molecular formula is C19H19ClN4O8S. The van der Waals surface area contributed by atoms with Crippen molar-refractivity contribution in [2.24, 2.45) is 0 Å². The molecule has 0 atom stereocenters. The number of sulfonamides is 1. The third kappa shape index (κ3) is 5.05. The molecule has 0 saturated carbocycles. The minimum Gasteiger partial charge on any atom is -0.465 e. The molecule has 12 nitrogen and oxygen atoms in total. The molecule has 14 heteroatoms. The normalized spacial score (nSPS) is 14.7. The summed E-state index contributed by atoms with van der Waals surface area (Å²) in [5.41, 5.74) is -2.19. The number of aromatic nitrogens is 1. The van der Waals surface area contributed by atoms with Gasteiger partial charge in [0.15, 0.2) is 0 Å². The summed E-state index contributed by atoms with van der Waals surface area (Å²) in [7, 11) is -2.78. The number of carbonyl (C=O) groups excluding carboxylic acids is 2. The van der Waals surface area contributed by atoms with E-state index in [1.165, 1.54) is 21.3 Å². The van der Waals surface area contributed by atoms with E-state index < -0.39 is 44.6 Å². The molecule has 2 heterocycles. The van der Waals surface area contributed by atoms with Gasteiger partial charge in [0, 0.05) is 38.4 Å². The second-order valence-corrected chi connectivity index (χ2v) is 9.32. The van der Waals surface area contributed by atoms with Gasteiger partial charge in [-0.1, -0.05) is 23.7 Å². The molecule has 33 heavy (non-hydrogen) atoms. The fraction of sp³-hybridized carbons (Fsp3) is 0.316. The zero-order valence-corrected chi connectivity index (χ0v) is 18.9. The summed E-state index contributed by atoms with van der Waals surface area (Å²) in [6.07, 6.45) is 1.01. The third-order valence-electron chi connectivity index (χ3n) is 5.04. The van der Waals surface area contributed by atoms with E-state index in [1.807, 2.05) is 0 Å². The molecule has 0 radical (unpaired) electrons. The SMILES string of the molecule is COC(=O)c1cc([N+](=O)[O-])c(=O)n(CC(=O)N2CCN(S(=O)(=O)c3ccccc3Cl)CC2)c1. The molecule has 3 rings (SSSR count). The number of rotatable bonds is 6. The molecule has 1 fully saturated rings. The molecule has 1 saturated heterocycles. The lowest BCUT2D eigenvalue weighted by atomic mass is 10.2. The van der Waals surface area contributed by atoms with Gasteiger partial charge in [-0.2, -0.15) is 4.31 Å². The minimum atomic E-state index is -3.86. The van der Waals surface area contributed by atoms with E-state index in [4.69, 9.17) is 11.6 Å². The smallest absolute Gasteiger partial charge is 0.339 e. The quantitative estimate of drug-likeness (QED) is 0.321. The Labute approximate surface area is 193 Å². The van der Waals surface area contributed by atoms with Crippen LogP contribution in [-0.4, -0.2) is 72.3 Å². The minimum absolute atomic E-state index is 0.00343. The number of pyridine rings is 1. The number of halogens is 1. The maximum absolute atomic E-state index is 12.8. The number of ether oxygens (including phenoxy) is 1. The first-order valence-corrected chi connectivity index (χ1v) is 11.4. The Morgan fingerprint density at radius 1 is 1.18 bits per heavy atom. The molecule has 1 aliphatic rings. The predicted octanol–water partition coefficient (Wildman–Crippen LogP) is 0.730. The number of benzene rings is 1. The summed E-state index contributed by atoms with van der Waals surface area (Å²) >= 11 is 6.01. The second kappa shape index (κ2) is 9.68. The average Bonchev–Trinajstić information content (AvgIpc) is 2.79. The van der Waals surface area contributed by atoms with Crippen LogP contribution in [0.25, 0.3) is 0 Å². The Kier molecular flexibility index (Phi) is 7.15. The molecule has 0 aliphatic carbocycles. The largest absolute Gasteiger partial charge is 0.465 e. The number of piperazine rings is 1. The van der Waals surface area contributed by atoms with E-state index in [0.717, 1.165) is 23.9 Å². The van der Waals surface area contributed by atoms with Crippen molar-refractivity contribution in [1.29, 1.82) is 0 Å². The second-order valence-electron chi connectivity index (χ2n) is 7.01. The fourth-order valence-electron chi connectivity index (χ4n) is 3.31. The lowest BCUT2D eigenvalue weighted by molar-refractivity contribution is -0.386. The standard InChI is InChI=1S/C19H19ClN4O8S/c1-32-19(27)13-10-15(24(28)29)18(26)22(11-13)12-17(25)21-6-8-23(9-7-21)33(30,31)16-5-3-2-4-14(16)20/h2-5,10-11H,6-9,12H2,1H3. The van der Waals surface area contributed by atoms with E-state index in [9.17, 15) is 32.9 Å². The molecular weight excluding hydrogens is 480 g/mol. The third-order valence-corrected chi connectivity index (χ3v) is 7.43. The van der Waals surface area contributed by atoms with Crippen molar-refractivity contribution in [1.82, 2.24) is 13.8 Å². The number of hydrogen-bond donors (Lipinski definition) is 0. The van der Waals surface area contributed by atoms with E-state index >= 15 is 0 Å². The Morgan fingerprint density at radius 2 is 1.82 bits per heavy atom. The van der Waals surface area contributed by atoms with Crippen molar-refractivity contribution in [2.45, 2.75) is 11.4 Å². The van der Waals surface area contributed by atoms with Crippen molar-refractivity contribution in [3.8, 4) is 0 Å². The van der Waals surface area contributed by atoms with Crippen LogP contribution in [0.2, 0.25) is 5.02 Å². The molecule has 1 aliphatic heterocycles. The monoisotopic (exact) mass is 498 g/mol. The lowest BCUT2D eigenvalue weighted by Crippen LogP contribution is -2.51. The van der Waals surface area contributed by atoms with Gasteiger partial charge in [-0.25, -0.2) is 13.2 Å². The van der Waals surface area contributed by atoms with Crippen LogP contribution in [0.4, 0.5) is 5.69 Å². The highest BCUT2D eigenvalue weighted by atomic mass is 35.5. The van der Waals surface area contributed by atoms with E-state index in [0.29, 0.717) is 0 Å². The molecule has 176 valence electrons. The van der Waals surface area contributed by atoms with Gasteiger partial charge in [0.1, 0.15) is 11.4 Å². The number of amides is 1. The lowest BCUT2D eigenvalue weighted by Gasteiger charge is -2.34. The summed E-state index contributed by atoms with van der Waals surface area (Å²) in [6, 6.07) is 6.81. The highest BCUT2D eigenvalue weighted by molar-refractivity contribution is 7.89. The van der Waals surface area contributed by atoms with E-state index in [1.54, 1.807) is 12.1 Å². The van der Waals surface area contributed by atoms with Gasteiger partial charge in [-0.3, -0.25) is 24.3 Å². The van der Waals surface area contributed by atoms with Crippen molar-refractivity contribution in [2.75, 3.05) is 33.3 Å². The predicted molar refractivity (Wildman–Crippen MR) is 115 cm³/mol. The van der Waals surface area contributed by atoms with Crippen molar-refractivity contribution in [3.63, 3.8) is 0 Å². The van der Waals surface area contributed by atoms with Crippen LogP contribution >= 0.6 is 11.6 Å². The van der Waals surface area contributed by atoms with Gasteiger partial charge in [-0.15, -0.1) is 0 Å². The number of hydrogen-bond acceptors (Lipinski definition) is 8. The van der Waals surface area contributed by atoms with Gasteiger partial charge >= 0.3 is 17.2 Å². The average molecular weight is 499 g/mol. The zero-order chi connectivity index (χ0) is 24.3. The van der Waals surface area contributed by atoms with Crippen LogP contribution in [0.1, 0.15) is 10.4 Å². The van der Waals surface area contributed by atoms with Gasteiger partial charge in [0.25, 0.3) is 0 Å². The van der Waals surface area contributed by atoms with Gasteiger partial charge in [0.2, 0.25) is 15.9 Å². The number of nitrogens with zero attached hydrogens (tertiary/aromatic N) is 4. The van der Waals surface area contributed by atoms with Crippen molar-refractivity contribution in [3.05, 3.63) is 67.6 Å². The highest BCUT2D eigenvalue weighted by Gasteiger charge is 2.32. The first-order valence-electron chi connectivity index (χ1n) is 9.56. The molecule has 0 unspecified atom stereocenters. The van der Waals surface area contributed by atoms with Crippen LogP contribution in [0.15, 0.2) is 46.2 Å². The molecule has 0 spiro atoms. The summed E-state index contributed by atoms with van der Waals surface area (Å²) in [6.45, 7) is -0.499. The van der Waals surface area contributed by atoms with E-state index in [2.05, 4.69) is 4.74 Å². The van der Waals surface area contributed by atoms with Crippen LogP contribution in [-0.2, 0) is 26.1 Å². The summed E-state index contributed by atoms with van der Waals surface area (Å²) in [5.74, 6) is -1.47. The first-order chi connectivity index (χ1) is 15.6. The first kappa shape index (κ1) is 24.4. The van der Waals surface area contributed by atoms with Crippen LogP contribution in [0, 0.1) is 10.1 Å².